The summed E-state index contributed by atoms with van der Waals surface area (Å²) in [7, 11) is 0. The zero-order valence-corrected chi connectivity index (χ0v) is 8.90. The first-order valence-electron chi connectivity index (χ1n) is 5.09. The molecule has 0 saturated heterocycles. The summed E-state index contributed by atoms with van der Waals surface area (Å²) in [5.41, 5.74) is 1.66. The van der Waals surface area contributed by atoms with Crippen molar-refractivity contribution in [2.24, 2.45) is 5.92 Å². The fourth-order valence-corrected chi connectivity index (χ4v) is 1.60. The Balaban J connectivity index is 2.33. The Kier molecular flexibility index (Phi) is 2.47. The fraction of sp³-hybridized carbons (Fsp3) is 0.308. The van der Waals surface area contributed by atoms with E-state index in [4.69, 9.17) is 10.00 Å². The molecule has 2 nitrogen and oxygen atoms in total. The molecule has 0 fully saturated rings. The van der Waals surface area contributed by atoms with Crippen molar-refractivity contribution < 1.29 is 4.74 Å². The molecule has 1 atom stereocenters. The van der Waals surface area contributed by atoms with Crippen molar-refractivity contribution in [3.63, 3.8) is 0 Å². The molecule has 0 N–H and O–H groups in total. The Hall–Kier alpha value is -1.75. The number of benzene rings is 1. The van der Waals surface area contributed by atoms with Crippen LogP contribution in [0.5, 0.6) is 5.75 Å². The van der Waals surface area contributed by atoms with Gasteiger partial charge in [-0.3, -0.25) is 0 Å². The van der Waals surface area contributed by atoms with E-state index in [2.05, 4.69) is 19.9 Å². The van der Waals surface area contributed by atoms with Gasteiger partial charge in [-0.05, 0) is 30.2 Å². The van der Waals surface area contributed by atoms with Gasteiger partial charge < -0.3 is 4.74 Å². The number of ether oxygens (including phenoxy) is 1. The Morgan fingerprint density at radius 3 is 2.87 bits per heavy atom. The third-order valence-corrected chi connectivity index (χ3v) is 2.52. The molecule has 0 radical (unpaired) electrons. The van der Waals surface area contributed by atoms with Crippen LogP contribution in [0.2, 0.25) is 0 Å². The molecular weight excluding hydrogens is 186 g/mol. The third-order valence-electron chi connectivity index (χ3n) is 2.52. The molecule has 2 heteroatoms. The van der Waals surface area contributed by atoms with E-state index in [0.717, 1.165) is 11.3 Å². The first kappa shape index (κ1) is 9.79. The van der Waals surface area contributed by atoms with E-state index in [-0.39, 0.29) is 6.10 Å². The van der Waals surface area contributed by atoms with E-state index in [0.29, 0.717) is 11.5 Å². The van der Waals surface area contributed by atoms with E-state index in [1.165, 1.54) is 0 Å². The SMILES string of the molecule is CC(C)C1C=Cc2cc(C#N)ccc2O1. The van der Waals surface area contributed by atoms with Crippen molar-refractivity contribution in [2.75, 3.05) is 0 Å². The van der Waals surface area contributed by atoms with Crippen molar-refractivity contribution in [1.82, 2.24) is 0 Å². The van der Waals surface area contributed by atoms with Crippen LogP contribution < -0.4 is 4.74 Å². The van der Waals surface area contributed by atoms with Gasteiger partial charge in [0.05, 0.1) is 11.6 Å². The van der Waals surface area contributed by atoms with Crippen molar-refractivity contribution in [2.45, 2.75) is 20.0 Å². The summed E-state index contributed by atoms with van der Waals surface area (Å²) in [4.78, 5) is 0. The molecule has 1 heterocycles. The summed E-state index contributed by atoms with van der Waals surface area (Å²) in [5.74, 6) is 1.33. The minimum Gasteiger partial charge on any atom is -0.485 e. The van der Waals surface area contributed by atoms with Crippen LogP contribution in [0.25, 0.3) is 6.08 Å². The molecule has 0 saturated carbocycles. The number of nitriles is 1. The van der Waals surface area contributed by atoms with Gasteiger partial charge in [0.1, 0.15) is 11.9 Å². The van der Waals surface area contributed by atoms with E-state index in [1.807, 2.05) is 24.3 Å². The Morgan fingerprint density at radius 2 is 2.20 bits per heavy atom. The zero-order valence-electron chi connectivity index (χ0n) is 8.90. The highest BCUT2D eigenvalue weighted by molar-refractivity contribution is 5.62. The monoisotopic (exact) mass is 199 g/mol. The molecule has 15 heavy (non-hydrogen) atoms. The smallest absolute Gasteiger partial charge is 0.127 e. The summed E-state index contributed by atoms with van der Waals surface area (Å²) in [6, 6.07) is 7.63. The first-order valence-corrected chi connectivity index (χ1v) is 5.09. The van der Waals surface area contributed by atoms with Gasteiger partial charge in [0.2, 0.25) is 0 Å². The zero-order chi connectivity index (χ0) is 10.8. The Morgan fingerprint density at radius 1 is 1.40 bits per heavy atom. The number of rotatable bonds is 1. The van der Waals surface area contributed by atoms with E-state index >= 15 is 0 Å². The van der Waals surface area contributed by atoms with Gasteiger partial charge in [0, 0.05) is 5.56 Å². The highest BCUT2D eigenvalue weighted by Gasteiger charge is 2.17. The summed E-state index contributed by atoms with van der Waals surface area (Å²) in [5, 5.41) is 8.76. The first-order chi connectivity index (χ1) is 7.20. The number of hydrogen-bond donors (Lipinski definition) is 0. The normalized spacial score (nSPS) is 18.1. The third kappa shape index (κ3) is 1.87. The molecule has 1 aromatic carbocycles. The minimum atomic E-state index is 0.144. The van der Waals surface area contributed by atoms with Crippen molar-refractivity contribution >= 4 is 6.08 Å². The molecule has 1 unspecified atom stereocenters. The molecular formula is C13H13NO. The minimum absolute atomic E-state index is 0.144. The Labute approximate surface area is 89.8 Å². The molecule has 0 bridgehead atoms. The standard InChI is InChI=1S/C13H13NO/c1-9(2)12-6-4-11-7-10(8-14)3-5-13(11)15-12/h3-7,9,12H,1-2H3. The van der Waals surface area contributed by atoms with E-state index < -0.39 is 0 Å². The quantitative estimate of drug-likeness (QED) is 0.696. The molecule has 0 aromatic heterocycles. The van der Waals surface area contributed by atoms with Gasteiger partial charge in [-0.1, -0.05) is 19.9 Å². The Bertz CT molecular complexity index is 440. The number of hydrogen-bond acceptors (Lipinski definition) is 2. The lowest BCUT2D eigenvalue weighted by Gasteiger charge is -2.24. The maximum Gasteiger partial charge on any atom is 0.127 e. The van der Waals surface area contributed by atoms with Gasteiger partial charge >= 0.3 is 0 Å². The largest absolute Gasteiger partial charge is 0.485 e. The lowest BCUT2D eigenvalue weighted by atomic mass is 10.0. The van der Waals surface area contributed by atoms with Crippen molar-refractivity contribution in [3.8, 4) is 11.8 Å². The molecule has 1 aliphatic heterocycles. The van der Waals surface area contributed by atoms with E-state index in [1.54, 1.807) is 6.07 Å². The van der Waals surface area contributed by atoms with Crippen LogP contribution in [0, 0.1) is 17.2 Å². The highest BCUT2D eigenvalue weighted by atomic mass is 16.5. The van der Waals surface area contributed by atoms with E-state index in [9.17, 15) is 0 Å². The molecule has 0 amide bonds. The maximum atomic E-state index is 8.76. The molecule has 0 aliphatic carbocycles. The second-order valence-electron chi connectivity index (χ2n) is 4.05. The topological polar surface area (TPSA) is 33.0 Å². The predicted octanol–water partition coefficient (Wildman–Crippen LogP) is 2.99. The van der Waals surface area contributed by atoms with Gasteiger partial charge in [-0.2, -0.15) is 5.26 Å². The summed E-state index contributed by atoms with van der Waals surface area (Å²) >= 11 is 0. The van der Waals surface area contributed by atoms with Gasteiger partial charge in [-0.25, -0.2) is 0 Å². The summed E-state index contributed by atoms with van der Waals surface area (Å²) < 4.78 is 5.80. The average Bonchev–Trinajstić information content (AvgIpc) is 2.27. The van der Waals surface area contributed by atoms with Crippen LogP contribution in [0.1, 0.15) is 25.0 Å². The van der Waals surface area contributed by atoms with Gasteiger partial charge in [0.15, 0.2) is 0 Å². The lowest BCUT2D eigenvalue weighted by molar-refractivity contribution is 0.195. The average molecular weight is 199 g/mol. The fourth-order valence-electron chi connectivity index (χ4n) is 1.60. The molecule has 1 aliphatic rings. The molecule has 1 aromatic rings. The second kappa shape index (κ2) is 3.78. The number of fused-ring (bicyclic) bond motifs is 1. The van der Waals surface area contributed by atoms with Crippen LogP contribution >= 0.6 is 0 Å². The van der Waals surface area contributed by atoms with Crippen LogP contribution in [0.3, 0.4) is 0 Å². The summed E-state index contributed by atoms with van der Waals surface area (Å²) in [6.07, 6.45) is 4.23. The van der Waals surface area contributed by atoms with Crippen molar-refractivity contribution in [3.05, 3.63) is 35.4 Å². The van der Waals surface area contributed by atoms with Crippen LogP contribution in [0.15, 0.2) is 24.3 Å². The predicted molar refractivity (Wildman–Crippen MR) is 59.4 cm³/mol. The van der Waals surface area contributed by atoms with Gasteiger partial charge in [0.25, 0.3) is 0 Å². The molecule has 2 rings (SSSR count). The second-order valence-corrected chi connectivity index (χ2v) is 4.05. The highest BCUT2D eigenvalue weighted by Crippen LogP contribution is 2.28. The lowest BCUT2D eigenvalue weighted by Crippen LogP contribution is -2.22. The van der Waals surface area contributed by atoms with Crippen LogP contribution in [0.4, 0.5) is 0 Å². The maximum absolute atomic E-state index is 8.76. The molecule has 0 spiro atoms. The summed E-state index contributed by atoms with van der Waals surface area (Å²) in [6.45, 7) is 4.26. The van der Waals surface area contributed by atoms with Crippen LogP contribution in [-0.4, -0.2) is 6.10 Å². The molecule has 76 valence electrons. The number of nitrogens with zero attached hydrogens (tertiary/aromatic N) is 1. The van der Waals surface area contributed by atoms with Crippen LogP contribution in [-0.2, 0) is 0 Å². The van der Waals surface area contributed by atoms with Crippen molar-refractivity contribution in [1.29, 1.82) is 5.26 Å². The van der Waals surface area contributed by atoms with Gasteiger partial charge in [-0.15, -0.1) is 0 Å².